The van der Waals surface area contributed by atoms with E-state index in [1.54, 1.807) is 6.20 Å². The highest BCUT2D eigenvalue weighted by molar-refractivity contribution is 5.71. The SMILES string of the molecule is O=Cc1cnc(N2CC(CN3CCCC3)C2)cn1. The molecular weight excluding hydrogens is 228 g/mol. The summed E-state index contributed by atoms with van der Waals surface area (Å²) in [5, 5.41) is 0. The van der Waals surface area contributed by atoms with Gasteiger partial charge in [0.05, 0.1) is 12.4 Å². The predicted molar refractivity (Wildman–Crippen MR) is 68.8 cm³/mol. The maximum absolute atomic E-state index is 10.5. The van der Waals surface area contributed by atoms with Crippen LogP contribution in [-0.4, -0.2) is 53.9 Å². The molecule has 2 saturated heterocycles. The van der Waals surface area contributed by atoms with E-state index < -0.39 is 0 Å². The second-order valence-electron chi connectivity index (χ2n) is 5.20. The van der Waals surface area contributed by atoms with Gasteiger partial charge in [0.15, 0.2) is 6.29 Å². The number of hydrogen-bond donors (Lipinski definition) is 0. The molecule has 0 spiro atoms. The molecule has 18 heavy (non-hydrogen) atoms. The fourth-order valence-corrected chi connectivity index (χ4v) is 2.76. The van der Waals surface area contributed by atoms with Gasteiger partial charge in [-0.3, -0.25) is 4.79 Å². The van der Waals surface area contributed by atoms with Crippen molar-refractivity contribution in [1.29, 1.82) is 0 Å². The average molecular weight is 246 g/mol. The lowest BCUT2D eigenvalue weighted by molar-refractivity contribution is 0.111. The minimum Gasteiger partial charge on any atom is -0.355 e. The third-order valence-electron chi connectivity index (χ3n) is 3.78. The third kappa shape index (κ3) is 2.36. The average Bonchev–Trinajstić information content (AvgIpc) is 2.86. The van der Waals surface area contributed by atoms with Crippen LogP contribution in [0.25, 0.3) is 0 Å². The normalized spacial score (nSPS) is 21.0. The van der Waals surface area contributed by atoms with Crippen LogP contribution < -0.4 is 4.90 Å². The van der Waals surface area contributed by atoms with Gasteiger partial charge in [-0.2, -0.15) is 0 Å². The molecule has 0 N–H and O–H groups in total. The summed E-state index contributed by atoms with van der Waals surface area (Å²) in [4.78, 5) is 23.6. The first-order valence-electron chi connectivity index (χ1n) is 6.59. The van der Waals surface area contributed by atoms with E-state index in [2.05, 4.69) is 19.8 Å². The molecule has 0 unspecified atom stereocenters. The maximum atomic E-state index is 10.5. The zero-order valence-electron chi connectivity index (χ0n) is 10.5. The van der Waals surface area contributed by atoms with Gasteiger partial charge in [-0.25, -0.2) is 9.97 Å². The molecule has 0 radical (unpaired) electrons. The second-order valence-corrected chi connectivity index (χ2v) is 5.20. The fraction of sp³-hybridized carbons (Fsp3) is 0.615. The van der Waals surface area contributed by atoms with E-state index in [4.69, 9.17) is 0 Å². The van der Waals surface area contributed by atoms with Crippen LogP contribution in [0.3, 0.4) is 0 Å². The number of nitrogens with zero attached hydrogens (tertiary/aromatic N) is 4. The van der Waals surface area contributed by atoms with Crippen molar-refractivity contribution >= 4 is 12.1 Å². The molecule has 2 aliphatic heterocycles. The molecule has 0 saturated carbocycles. The Morgan fingerprint density at radius 3 is 2.61 bits per heavy atom. The lowest BCUT2D eigenvalue weighted by Crippen LogP contribution is -2.51. The summed E-state index contributed by atoms with van der Waals surface area (Å²) in [6, 6.07) is 0. The molecule has 1 aromatic rings. The van der Waals surface area contributed by atoms with E-state index in [1.807, 2.05) is 0 Å². The molecule has 0 aliphatic carbocycles. The molecule has 5 nitrogen and oxygen atoms in total. The van der Waals surface area contributed by atoms with Crippen molar-refractivity contribution in [2.24, 2.45) is 5.92 Å². The first kappa shape index (κ1) is 11.6. The summed E-state index contributed by atoms with van der Waals surface area (Å²) in [7, 11) is 0. The smallest absolute Gasteiger partial charge is 0.170 e. The van der Waals surface area contributed by atoms with Crippen molar-refractivity contribution in [3.63, 3.8) is 0 Å². The van der Waals surface area contributed by atoms with Crippen LogP contribution in [0.4, 0.5) is 5.82 Å². The van der Waals surface area contributed by atoms with Crippen LogP contribution in [0.1, 0.15) is 23.3 Å². The largest absolute Gasteiger partial charge is 0.355 e. The number of hydrogen-bond acceptors (Lipinski definition) is 5. The maximum Gasteiger partial charge on any atom is 0.170 e. The van der Waals surface area contributed by atoms with Crippen LogP contribution in [0.2, 0.25) is 0 Å². The Labute approximate surface area is 107 Å². The van der Waals surface area contributed by atoms with Gasteiger partial charge in [-0.15, -0.1) is 0 Å². The highest BCUT2D eigenvalue weighted by Gasteiger charge is 2.30. The Morgan fingerprint density at radius 1 is 1.22 bits per heavy atom. The lowest BCUT2D eigenvalue weighted by Gasteiger charge is -2.41. The van der Waals surface area contributed by atoms with E-state index >= 15 is 0 Å². The van der Waals surface area contributed by atoms with Gasteiger partial charge in [0.1, 0.15) is 11.5 Å². The van der Waals surface area contributed by atoms with Gasteiger partial charge in [-0.05, 0) is 25.9 Å². The van der Waals surface area contributed by atoms with Crippen LogP contribution >= 0.6 is 0 Å². The first-order chi connectivity index (χ1) is 8.85. The molecule has 0 amide bonds. The standard InChI is InChI=1S/C13H18N4O/c18-10-12-5-15-13(6-14-12)17-8-11(9-17)7-16-3-1-2-4-16/h5-6,10-11H,1-4,7-9H2. The molecule has 0 atom stereocenters. The minimum atomic E-state index is 0.396. The summed E-state index contributed by atoms with van der Waals surface area (Å²) in [5.74, 6) is 1.65. The zero-order valence-corrected chi connectivity index (χ0v) is 10.5. The van der Waals surface area contributed by atoms with E-state index in [0.717, 1.165) is 31.1 Å². The summed E-state index contributed by atoms with van der Waals surface area (Å²) >= 11 is 0. The summed E-state index contributed by atoms with van der Waals surface area (Å²) in [5.41, 5.74) is 0.396. The Morgan fingerprint density at radius 2 is 2.00 bits per heavy atom. The van der Waals surface area contributed by atoms with Gasteiger partial charge in [0.25, 0.3) is 0 Å². The summed E-state index contributed by atoms with van der Waals surface area (Å²) in [6.45, 7) is 5.88. The second kappa shape index (κ2) is 5.02. The molecule has 0 bridgehead atoms. The zero-order chi connectivity index (χ0) is 12.4. The van der Waals surface area contributed by atoms with Crippen molar-refractivity contribution in [3.8, 4) is 0 Å². The number of aromatic nitrogens is 2. The predicted octanol–water partition coefficient (Wildman–Crippen LogP) is 0.821. The van der Waals surface area contributed by atoms with Gasteiger partial charge in [0, 0.05) is 25.6 Å². The van der Waals surface area contributed by atoms with Crippen molar-refractivity contribution < 1.29 is 4.79 Å². The number of aldehydes is 1. The summed E-state index contributed by atoms with van der Waals surface area (Å²) < 4.78 is 0. The molecule has 2 aliphatic rings. The van der Waals surface area contributed by atoms with Gasteiger partial charge >= 0.3 is 0 Å². The van der Waals surface area contributed by atoms with E-state index in [0.29, 0.717) is 5.69 Å². The summed E-state index contributed by atoms with van der Waals surface area (Å²) in [6.07, 6.45) is 6.67. The molecule has 3 rings (SSSR count). The van der Waals surface area contributed by atoms with Crippen molar-refractivity contribution in [2.75, 3.05) is 37.6 Å². The van der Waals surface area contributed by atoms with Gasteiger partial charge in [-0.1, -0.05) is 0 Å². The van der Waals surface area contributed by atoms with Crippen molar-refractivity contribution in [3.05, 3.63) is 18.1 Å². The monoisotopic (exact) mass is 246 g/mol. The molecule has 5 heteroatoms. The molecule has 96 valence electrons. The van der Waals surface area contributed by atoms with E-state index in [9.17, 15) is 4.79 Å². The topological polar surface area (TPSA) is 49.3 Å². The lowest BCUT2D eigenvalue weighted by atomic mass is 10.00. The molecule has 2 fully saturated rings. The molecular formula is C13H18N4O. The van der Waals surface area contributed by atoms with E-state index in [1.165, 1.54) is 38.7 Å². The quantitative estimate of drug-likeness (QED) is 0.736. The number of anilines is 1. The van der Waals surface area contributed by atoms with Crippen LogP contribution in [0, 0.1) is 5.92 Å². The number of rotatable bonds is 4. The fourth-order valence-electron chi connectivity index (χ4n) is 2.76. The highest BCUT2D eigenvalue weighted by atomic mass is 16.1. The molecule has 0 aromatic carbocycles. The van der Waals surface area contributed by atoms with Crippen LogP contribution in [0.15, 0.2) is 12.4 Å². The van der Waals surface area contributed by atoms with Gasteiger partial charge < -0.3 is 9.80 Å². The Kier molecular flexibility index (Phi) is 3.23. The van der Waals surface area contributed by atoms with Crippen LogP contribution in [0.5, 0.6) is 0 Å². The number of carbonyl (C=O) groups is 1. The first-order valence-corrected chi connectivity index (χ1v) is 6.59. The van der Waals surface area contributed by atoms with E-state index in [-0.39, 0.29) is 0 Å². The highest BCUT2D eigenvalue weighted by Crippen LogP contribution is 2.23. The molecule has 1 aromatic heterocycles. The number of carbonyl (C=O) groups excluding carboxylic acids is 1. The Bertz CT molecular complexity index is 408. The number of likely N-dealkylation sites (tertiary alicyclic amines) is 1. The molecule has 3 heterocycles. The van der Waals surface area contributed by atoms with Crippen molar-refractivity contribution in [1.82, 2.24) is 14.9 Å². The van der Waals surface area contributed by atoms with Crippen LogP contribution in [-0.2, 0) is 0 Å². The Hall–Kier alpha value is -1.49. The Balaban J connectivity index is 1.49. The van der Waals surface area contributed by atoms with Crippen molar-refractivity contribution in [2.45, 2.75) is 12.8 Å². The minimum absolute atomic E-state index is 0.396. The third-order valence-corrected chi connectivity index (χ3v) is 3.78. The van der Waals surface area contributed by atoms with Gasteiger partial charge in [0.2, 0.25) is 0 Å².